The predicted molar refractivity (Wildman–Crippen MR) is 81.8 cm³/mol. The summed E-state index contributed by atoms with van der Waals surface area (Å²) >= 11 is 1.75. The number of hydrogen-bond donors (Lipinski definition) is 1. The molecule has 0 atom stereocenters. The molecule has 2 aromatic rings. The van der Waals surface area contributed by atoms with Crippen molar-refractivity contribution in [3.8, 4) is 5.75 Å². The van der Waals surface area contributed by atoms with E-state index in [1.807, 2.05) is 6.07 Å². The molecule has 0 saturated heterocycles. The van der Waals surface area contributed by atoms with Crippen molar-refractivity contribution in [2.24, 2.45) is 5.73 Å². The van der Waals surface area contributed by atoms with Gasteiger partial charge >= 0.3 is 0 Å². The van der Waals surface area contributed by atoms with E-state index in [1.54, 1.807) is 11.3 Å². The van der Waals surface area contributed by atoms with Crippen molar-refractivity contribution in [3.05, 3.63) is 51.2 Å². The van der Waals surface area contributed by atoms with Crippen molar-refractivity contribution in [2.45, 2.75) is 39.8 Å². The highest BCUT2D eigenvalue weighted by molar-refractivity contribution is 7.12. The van der Waals surface area contributed by atoms with Gasteiger partial charge in [-0.3, -0.25) is 0 Å². The van der Waals surface area contributed by atoms with Gasteiger partial charge in [0, 0.05) is 21.9 Å². The fraction of sp³-hybridized carbons (Fsp3) is 0.375. The second kappa shape index (κ2) is 6.22. The normalized spacial score (nSPS) is 11.0. The summed E-state index contributed by atoms with van der Waals surface area (Å²) in [6.07, 6.45) is 0. The summed E-state index contributed by atoms with van der Waals surface area (Å²) in [6.45, 7) is 7.72. The molecule has 1 heterocycles. The smallest absolute Gasteiger partial charge is 0.120 e. The van der Waals surface area contributed by atoms with Gasteiger partial charge in [0.05, 0.1) is 0 Å². The maximum atomic E-state index is 5.89. The fourth-order valence-corrected chi connectivity index (χ4v) is 2.88. The van der Waals surface area contributed by atoms with Crippen molar-refractivity contribution in [3.63, 3.8) is 0 Å². The van der Waals surface area contributed by atoms with Gasteiger partial charge in [0.1, 0.15) is 12.4 Å². The van der Waals surface area contributed by atoms with Gasteiger partial charge in [-0.25, -0.2) is 0 Å². The number of nitrogens with two attached hydrogens (primary N) is 1. The Balaban J connectivity index is 2.05. The van der Waals surface area contributed by atoms with E-state index in [9.17, 15) is 0 Å². The summed E-state index contributed by atoms with van der Waals surface area (Å²) in [6, 6.07) is 10.5. The third kappa shape index (κ3) is 3.58. The lowest BCUT2D eigenvalue weighted by molar-refractivity contribution is 0.305. The Morgan fingerprint density at radius 1 is 1.26 bits per heavy atom. The van der Waals surface area contributed by atoms with Gasteiger partial charge in [-0.1, -0.05) is 26.0 Å². The molecule has 102 valence electrons. The Morgan fingerprint density at radius 3 is 2.68 bits per heavy atom. The van der Waals surface area contributed by atoms with Crippen molar-refractivity contribution < 1.29 is 4.74 Å². The molecule has 0 fully saturated rings. The Labute approximate surface area is 119 Å². The summed E-state index contributed by atoms with van der Waals surface area (Å²) in [4.78, 5) is 2.51. The Kier molecular flexibility index (Phi) is 4.61. The lowest BCUT2D eigenvalue weighted by atomic mass is 10.0. The minimum Gasteiger partial charge on any atom is -0.489 e. The minimum absolute atomic E-state index is 0.523. The van der Waals surface area contributed by atoms with Gasteiger partial charge in [-0.05, 0) is 36.6 Å². The first-order chi connectivity index (χ1) is 9.10. The number of rotatable bonds is 5. The zero-order chi connectivity index (χ0) is 13.8. The molecular weight excluding hydrogens is 254 g/mol. The highest BCUT2D eigenvalue weighted by atomic mass is 32.1. The molecular formula is C16H21NOS. The largest absolute Gasteiger partial charge is 0.489 e. The van der Waals surface area contributed by atoms with Crippen molar-refractivity contribution >= 4 is 11.3 Å². The zero-order valence-corrected chi connectivity index (χ0v) is 12.6. The van der Waals surface area contributed by atoms with E-state index in [0.717, 1.165) is 5.75 Å². The van der Waals surface area contributed by atoms with Crippen LogP contribution in [0.1, 0.15) is 40.6 Å². The summed E-state index contributed by atoms with van der Waals surface area (Å²) in [5, 5.41) is 0. The van der Waals surface area contributed by atoms with Gasteiger partial charge in [-0.2, -0.15) is 0 Å². The molecule has 2 N–H and O–H groups in total. The maximum absolute atomic E-state index is 5.89. The van der Waals surface area contributed by atoms with E-state index in [2.05, 4.69) is 45.0 Å². The topological polar surface area (TPSA) is 35.2 Å². The number of thiophene rings is 1. The summed E-state index contributed by atoms with van der Waals surface area (Å²) in [5.41, 5.74) is 8.21. The molecule has 3 heteroatoms. The van der Waals surface area contributed by atoms with Crippen molar-refractivity contribution in [2.75, 3.05) is 0 Å². The first-order valence-electron chi connectivity index (χ1n) is 6.61. The lowest BCUT2D eigenvalue weighted by Gasteiger charge is -2.09. The van der Waals surface area contributed by atoms with Crippen LogP contribution in [0.15, 0.2) is 30.3 Å². The number of hydrogen-bond acceptors (Lipinski definition) is 3. The van der Waals surface area contributed by atoms with Crippen molar-refractivity contribution in [1.29, 1.82) is 0 Å². The second-order valence-electron chi connectivity index (χ2n) is 5.01. The van der Waals surface area contributed by atoms with Crippen molar-refractivity contribution in [1.82, 2.24) is 0 Å². The minimum atomic E-state index is 0.523. The van der Waals surface area contributed by atoms with Gasteiger partial charge in [0.25, 0.3) is 0 Å². The van der Waals surface area contributed by atoms with E-state index < -0.39 is 0 Å². The molecule has 2 nitrogen and oxygen atoms in total. The van der Waals surface area contributed by atoms with Crippen LogP contribution < -0.4 is 10.5 Å². The lowest BCUT2D eigenvalue weighted by Crippen LogP contribution is -1.97. The molecule has 0 saturated carbocycles. The third-order valence-corrected chi connectivity index (χ3v) is 4.31. The van der Waals surface area contributed by atoms with Gasteiger partial charge < -0.3 is 10.5 Å². The van der Waals surface area contributed by atoms with Crippen LogP contribution in [0.5, 0.6) is 5.75 Å². The standard InChI is InChI=1S/C16H21NOS/c1-11(2)13-5-4-6-15(7-13)18-10-14-8-16(9-17)19-12(14)3/h4-8,11H,9-10,17H2,1-3H3. The average Bonchev–Trinajstić information content (AvgIpc) is 2.77. The van der Waals surface area contributed by atoms with Crippen LogP contribution in [0.4, 0.5) is 0 Å². The zero-order valence-electron chi connectivity index (χ0n) is 11.8. The van der Waals surface area contributed by atoms with Crippen LogP contribution in [0.3, 0.4) is 0 Å². The molecule has 0 amide bonds. The SMILES string of the molecule is Cc1sc(CN)cc1COc1cccc(C(C)C)c1. The quantitative estimate of drug-likeness (QED) is 0.886. The van der Waals surface area contributed by atoms with Crippen LogP contribution >= 0.6 is 11.3 Å². The number of aryl methyl sites for hydroxylation is 1. The Morgan fingerprint density at radius 2 is 2.05 bits per heavy atom. The van der Waals surface area contributed by atoms with Gasteiger partial charge in [-0.15, -0.1) is 11.3 Å². The van der Waals surface area contributed by atoms with Crippen LogP contribution in [-0.4, -0.2) is 0 Å². The van der Waals surface area contributed by atoms with Crippen LogP contribution in [0.25, 0.3) is 0 Å². The summed E-state index contributed by atoms with van der Waals surface area (Å²) < 4.78 is 5.89. The highest BCUT2D eigenvalue weighted by Gasteiger charge is 2.06. The number of benzene rings is 1. The molecule has 0 aliphatic heterocycles. The summed E-state index contributed by atoms with van der Waals surface area (Å²) in [5.74, 6) is 1.46. The molecule has 0 unspecified atom stereocenters. The third-order valence-electron chi connectivity index (χ3n) is 3.19. The molecule has 0 radical (unpaired) electrons. The molecule has 1 aromatic carbocycles. The predicted octanol–water partition coefficient (Wildman–Crippen LogP) is 4.22. The molecule has 0 spiro atoms. The molecule has 2 rings (SSSR count). The monoisotopic (exact) mass is 275 g/mol. The second-order valence-corrected chi connectivity index (χ2v) is 6.36. The molecule has 19 heavy (non-hydrogen) atoms. The number of ether oxygens (including phenoxy) is 1. The molecule has 0 bridgehead atoms. The van der Waals surface area contributed by atoms with Gasteiger partial charge in [0.15, 0.2) is 0 Å². The molecule has 0 aliphatic carbocycles. The van der Waals surface area contributed by atoms with E-state index in [0.29, 0.717) is 19.1 Å². The Bertz CT molecular complexity index is 545. The van der Waals surface area contributed by atoms with Gasteiger partial charge in [0.2, 0.25) is 0 Å². The van der Waals surface area contributed by atoms with E-state index >= 15 is 0 Å². The Hall–Kier alpha value is -1.32. The maximum Gasteiger partial charge on any atom is 0.120 e. The first kappa shape index (κ1) is 14.1. The van der Waals surface area contributed by atoms with E-state index in [-0.39, 0.29) is 0 Å². The first-order valence-corrected chi connectivity index (χ1v) is 7.42. The van der Waals surface area contributed by atoms with Crippen LogP contribution in [-0.2, 0) is 13.2 Å². The fourth-order valence-electron chi connectivity index (χ4n) is 1.96. The van der Waals surface area contributed by atoms with E-state index in [4.69, 9.17) is 10.5 Å². The molecule has 1 aromatic heterocycles. The average molecular weight is 275 g/mol. The van der Waals surface area contributed by atoms with Crippen LogP contribution in [0.2, 0.25) is 0 Å². The van der Waals surface area contributed by atoms with Crippen LogP contribution in [0, 0.1) is 6.92 Å². The molecule has 0 aliphatic rings. The van der Waals surface area contributed by atoms with E-state index in [1.165, 1.54) is 20.9 Å². The highest BCUT2D eigenvalue weighted by Crippen LogP contribution is 2.24. The summed E-state index contributed by atoms with van der Waals surface area (Å²) in [7, 11) is 0.